The molecule has 0 unspecified atom stereocenters. The molecule has 1 aromatic heterocycles. The highest BCUT2D eigenvalue weighted by molar-refractivity contribution is 9.10. The Labute approximate surface area is 116 Å². The Balaban J connectivity index is 2.57. The number of benzene rings is 1. The van der Waals surface area contributed by atoms with Gasteiger partial charge in [0.05, 0.1) is 0 Å². The van der Waals surface area contributed by atoms with Gasteiger partial charge in [0.2, 0.25) is 0 Å². The second kappa shape index (κ2) is 5.06. The average molecular weight is 306 g/mol. The summed E-state index contributed by atoms with van der Waals surface area (Å²) < 4.78 is 1.09. The molecule has 3 nitrogen and oxygen atoms in total. The number of nitrogens with zero attached hydrogens (tertiary/aromatic N) is 2. The number of anilines is 1. The first kappa shape index (κ1) is 13.0. The number of aromatic nitrogens is 2. The molecule has 2 aromatic rings. The summed E-state index contributed by atoms with van der Waals surface area (Å²) in [5.74, 6) is 1.27. The second-order valence-corrected chi connectivity index (χ2v) is 5.18. The first-order valence-corrected chi connectivity index (χ1v) is 6.71. The van der Waals surface area contributed by atoms with Crippen molar-refractivity contribution in [1.82, 2.24) is 9.97 Å². The van der Waals surface area contributed by atoms with Crippen molar-refractivity contribution < 1.29 is 0 Å². The molecule has 0 fully saturated rings. The zero-order valence-electron chi connectivity index (χ0n) is 10.8. The maximum Gasteiger partial charge on any atom is 0.161 e. The van der Waals surface area contributed by atoms with Gasteiger partial charge in [-0.25, -0.2) is 9.97 Å². The average Bonchev–Trinajstić information content (AvgIpc) is 2.36. The van der Waals surface area contributed by atoms with Gasteiger partial charge in [-0.1, -0.05) is 28.9 Å². The lowest BCUT2D eigenvalue weighted by molar-refractivity contribution is 0.982. The van der Waals surface area contributed by atoms with Gasteiger partial charge in [-0.05, 0) is 38.0 Å². The molecule has 0 aliphatic heterocycles. The Bertz CT molecular complexity index is 594. The van der Waals surface area contributed by atoms with Crippen molar-refractivity contribution in [3.8, 4) is 11.4 Å². The molecule has 0 aliphatic rings. The molecule has 0 saturated carbocycles. The number of nitrogens with two attached hydrogens (primary N) is 1. The Hall–Kier alpha value is -1.42. The highest BCUT2D eigenvalue weighted by Crippen LogP contribution is 2.24. The monoisotopic (exact) mass is 305 g/mol. The van der Waals surface area contributed by atoms with Crippen LogP contribution in [0.1, 0.15) is 23.7 Å². The number of aryl methyl sites for hydroxylation is 2. The quantitative estimate of drug-likeness (QED) is 0.921. The van der Waals surface area contributed by atoms with E-state index in [9.17, 15) is 0 Å². The molecule has 18 heavy (non-hydrogen) atoms. The lowest BCUT2D eigenvalue weighted by atomic mass is 10.1. The molecule has 2 N–H and O–H groups in total. The Morgan fingerprint density at radius 2 is 1.94 bits per heavy atom. The van der Waals surface area contributed by atoms with Crippen molar-refractivity contribution in [2.75, 3.05) is 5.73 Å². The van der Waals surface area contributed by atoms with E-state index in [2.05, 4.69) is 38.9 Å². The van der Waals surface area contributed by atoms with Crippen LogP contribution in [0.5, 0.6) is 0 Å². The normalized spacial score (nSPS) is 10.7. The minimum atomic E-state index is 0.567. The van der Waals surface area contributed by atoms with Gasteiger partial charge in [0.15, 0.2) is 5.82 Å². The van der Waals surface area contributed by atoms with Crippen LogP contribution in [0.15, 0.2) is 22.7 Å². The second-order valence-electron chi connectivity index (χ2n) is 4.32. The molecule has 0 atom stereocenters. The van der Waals surface area contributed by atoms with E-state index in [0.29, 0.717) is 11.6 Å². The van der Waals surface area contributed by atoms with Crippen molar-refractivity contribution >= 4 is 21.7 Å². The molecule has 0 spiro atoms. The van der Waals surface area contributed by atoms with Crippen LogP contribution in [-0.4, -0.2) is 9.97 Å². The summed E-state index contributed by atoms with van der Waals surface area (Å²) >= 11 is 3.49. The fourth-order valence-corrected chi connectivity index (χ4v) is 2.09. The SMILES string of the molecule is CCc1nc(-c2ccc(Br)c(C)c2)nc(N)c1C. The van der Waals surface area contributed by atoms with Crippen LogP contribution >= 0.6 is 15.9 Å². The fourth-order valence-electron chi connectivity index (χ4n) is 1.84. The summed E-state index contributed by atoms with van der Waals surface area (Å²) in [6, 6.07) is 6.07. The van der Waals surface area contributed by atoms with Crippen LogP contribution in [-0.2, 0) is 6.42 Å². The number of hydrogen-bond donors (Lipinski definition) is 1. The lowest BCUT2D eigenvalue weighted by Gasteiger charge is -2.09. The third-order valence-electron chi connectivity index (χ3n) is 3.04. The van der Waals surface area contributed by atoms with E-state index in [4.69, 9.17) is 5.73 Å². The topological polar surface area (TPSA) is 51.8 Å². The summed E-state index contributed by atoms with van der Waals surface area (Å²) in [5, 5.41) is 0. The fraction of sp³-hybridized carbons (Fsp3) is 0.286. The van der Waals surface area contributed by atoms with Gasteiger partial charge in [-0.2, -0.15) is 0 Å². The van der Waals surface area contributed by atoms with Crippen LogP contribution in [0.4, 0.5) is 5.82 Å². The van der Waals surface area contributed by atoms with Crippen molar-refractivity contribution in [3.63, 3.8) is 0 Å². The maximum atomic E-state index is 5.94. The van der Waals surface area contributed by atoms with Gasteiger partial charge in [-0.15, -0.1) is 0 Å². The van der Waals surface area contributed by atoms with Crippen LogP contribution in [0, 0.1) is 13.8 Å². The zero-order chi connectivity index (χ0) is 13.3. The minimum absolute atomic E-state index is 0.567. The van der Waals surface area contributed by atoms with Gasteiger partial charge in [-0.3, -0.25) is 0 Å². The smallest absolute Gasteiger partial charge is 0.161 e. The highest BCUT2D eigenvalue weighted by atomic mass is 79.9. The van der Waals surface area contributed by atoms with E-state index < -0.39 is 0 Å². The van der Waals surface area contributed by atoms with Gasteiger partial charge in [0, 0.05) is 21.3 Å². The zero-order valence-corrected chi connectivity index (χ0v) is 12.4. The minimum Gasteiger partial charge on any atom is -0.383 e. The van der Waals surface area contributed by atoms with Crippen LogP contribution in [0.2, 0.25) is 0 Å². The summed E-state index contributed by atoms with van der Waals surface area (Å²) in [6.07, 6.45) is 0.862. The number of nitrogen functional groups attached to an aromatic ring is 1. The predicted octanol–water partition coefficient (Wildman–Crippen LogP) is 3.67. The van der Waals surface area contributed by atoms with Gasteiger partial charge in [0.25, 0.3) is 0 Å². The number of rotatable bonds is 2. The third-order valence-corrected chi connectivity index (χ3v) is 3.93. The number of halogens is 1. The summed E-state index contributed by atoms with van der Waals surface area (Å²) in [4.78, 5) is 8.96. The van der Waals surface area contributed by atoms with Gasteiger partial charge >= 0.3 is 0 Å². The molecule has 0 amide bonds. The van der Waals surface area contributed by atoms with Crippen molar-refractivity contribution in [1.29, 1.82) is 0 Å². The van der Waals surface area contributed by atoms with Gasteiger partial charge < -0.3 is 5.73 Å². The van der Waals surface area contributed by atoms with Crippen LogP contribution < -0.4 is 5.73 Å². The van der Waals surface area contributed by atoms with Crippen molar-refractivity contribution in [2.24, 2.45) is 0 Å². The largest absolute Gasteiger partial charge is 0.383 e. The van der Waals surface area contributed by atoms with E-state index in [-0.39, 0.29) is 0 Å². The molecular formula is C14H16BrN3. The lowest BCUT2D eigenvalue weighted by Crippen LogP contribution is -2.04. The summed E-state index contributed by atoms with van der Waals surface area (Å²) in [6.45, 7) is 6.09. The van der Waals surface area contributed by atoms with E-state index in [0.717, 1.165) is 33.3 Å². The van der Waals surface area contributed by atoms with E-state index in [1.807, 2.05) is 26.0 Å². The predicted molar refractivity (Wildman–Crippen MR) is 78.4 cm³/mol. The molecular weight excluding hydrogens is 290 g/mol. The number of hydrogen-bond acceptors (Lipinski definition) is 3. The first-order valence-electron chi connectivity index (χ1n) is 5.92. The summed E-state index contributed by atoms with van der Waals surface area (Å²) in [7, 11) is 0. The molecule has 0 radical (unpaired) electrons. The van der Waals surface area contributed by atoms with E-state index in [1.165, 1.54) is 0 Å². The van der Waals surface area contributed by atoms with E-state index in [1.54, 1.807) is 0 Å². The molecule has 0 saturated heterocycles. The van der Waals surface area contributed by atoms with Crippen molar-refractivity contribution in [3.05, 3.63) is 39.5 Å². The molecule has 0 aliphatic carbocycles. The standard InChI is InChI=1S/C14H16BrN3/c1-4-12-9(3)13(16)18-14(17-12)10-5-6-11(15)8(2)7-10/h5-7H,4H2,1-3H3,(H2,16,17,18). The highest BCUT2D eigenvalue weighted by Gasteiger charge is 2.09. The first-order chi connectivity index (χ1) is 8.52. The molecule has 94 valence electrons. The Morgan fingerprint density at radius 1 is 1.22 bits per heavy atom. The van der Waals surface area contributed by atoms with Crippen molar-refractivity contribution in [2.45, 2.75) is 27.2 Å². The van der Waals surface area contributed by atoms with Gasteiger partial charge in [0.1, 0.15) is 5.82 Å². The molecule has 0 bridgehead atoms. The third kappa shape index (κ3) is 2.38. The molecule has 2 rings (SSSR count). The maximum absolute atomic E-state index is 5.94. The molecule has 4 heteroatoms. The summed E-state index contributed by atoms with van der Waals surface area (Å²) in [5.41, 5.74) is 10.1. The molecule has 1 aromatic carbocycles. The van der Waals surface area contributed by atoms with E-state index >= 15 is 0 Å². The van der Waals surface area contributed by atoms with Crippen LogP contribution in [0.3, 0.4) is 0 Å². The Kier molecular flexibility index (Phi) is 3.66. The van der Waals surface area contributed by atoms with Crippen LogP contribution in [0.25, 0.3) is 11.4 Å². The molecule has 1 heterocycles. The Morgan fingerprint density at radius 3 is 2.56 bits per heavy atom.